The summed E-state index contributed by atoms with van der Waals surface area (Å²) in [6.07, 6.45) is 0. The number of rotatable bonds is 7. The number of carbonyl (C=O) groups is 1. The molecule has 0 saturated carbocycles. The smallest absolute Gasteiger partial charge is 0.251 e. The Bertz CT molecular complexity index is 604. The molecule has 0 bridgehead atoms. The highest BCUT2D eigenvalue weighted by molar-refractivity contribution is 7.07. The first-order valence-electron chi connectivity index (χ1n) is 7.55. The van der Waals surface area contributed by atoms with E-state index in [-0.39, 0.29) is 36.8 Å². The molecule has 1 unspecified atom stereocenters. The second-order valence-electron chi connectivity index (χ2n) is 5.13. The molecule has 1 heterocycles. The molecule has 0 radical (unpaired) electrons. The number of nitrogen functional groups attached to an aromatic ring is 1. The fourth-order valence-electron chi connectivity index (χ4n) is 2.56. The SMILES string of the molecule is CCN(CC)C(CNC(=O)c1cccc(N)c1)c1ccsc1.Cl.Cl. The second-order valence-corrected chi connectivity index (χ2v) is 5.91. The number of halogens is 2. The summed E-state index contributed by atoms with van der Waals surface area (Å²) < 4.78 is 0. The highest BCUT2D eigenvalue weighted by atomic mass is 35.5. The van der Waals surface area contributed by atoms with Gasteiger partial charge < -0.3 is 11.1 Å². The predicted molar refractivity (Wildman–Crippen MR) is 108 cm³/mol. The molecule has 2 aromatic rings. The number of hydrogen-bond acceptors (Lipinski definition) is 4. The molecule has 2 rings (SSSR count). The summed E-state index contributed by atoms with van der Waals surface area (Å²) in [5.74, 6) is -0.0836. The fraction of sp³-hybridized carbons (Fsp3) is 0.353. The Balaban J connectivity index is 0.00000264. The number of nitrogens with two attached hydrogens (primary N) is 1. The summed E-state index contributed by atoms with van der Waals surface area (Å²) in [6.45, 7) is 6.77. The van der Waals surface area contributed by atoms with Gasteiger partial charge in [-0.2, -0.15) is 11.3 Å². The Hall–Kier alpha value is -1.27. The Labute approximate surface area is 160 Å². The van der Waals surface area contributed by atoms with E-state index in [1.54, 1.807) is 35.6 Å². The number of nitrogens with zero attached hydrogens (tertiary/aromatic N) is 1. The predicted octanol–water partition coefficient (Wildman–Crippen LogP) is 3.99. The third-order valence-electron chi connectivity index (χ3n) is 3.79. The zero-order valence-corrected chi connectivity index (χ0v) is 16.3. The van der Waals surface area contributed by atoms with E-state index in [0.717, 1.165) is 13.1 Å². The molecule has 1 atom stereocenters. The number of nitrogens with one attached hydrogen (secondary N) is 1. The van der Waals surface area contributed by atoms with E-state index in [1.165, 1.54) is 5.56 Å². The molecule has 0 aliphatic carbocycles. The van der Waals surface area contributed by atoms with Gasteiger partial charge in [0.25, 0.3) is 5.91 Å². The lowest BCUT2D eigenvalue weighted by Gasteiger charge is -2.29. The zero-order chi connectivity index (χ0) is 15.9. The normalized spacial score (nSPS) is 11.3. The van der Waals surface area contributed by atoms with Crippen molar-refractivity contribution < 1.29 is 4.79 Å². The van der Waals surface area contributed by atoms with Gasteiger partial charge in [-0.15, -0.1) is 24.8 Å². The van der Waals surface area contributed by atoms with Crippen LogP contribution in [0.3, 0.4) is 0 Å². The van der Waals surface area contributed by atoms with Gasteiger partial charge in [-0.3, -0.25) is 9.69 Å². The lowest BCUT2D eigenvalue weighted by molar-refractivity contribution is 0.0935. The van der Waals surface area contributed by atoms with Crippen LogP contribution in [0, 0.1) is 0 Å². The summed E-state index contributed by atoms with van der Waals surface area (Å²) in [5.41, 5.74) is 8.19. The second kappa shape index (κ2) is 11.3. The molecule has 1 aromatic heterocycles. The summed E-state index contributed by atoms with van der Waals surface area (Å²) in [4.78, 5) is 14.6. The summed E-state index contributed by atoms with van der Waals surface area (Å²) in [6, 6.07) is 9.38. The van der Waals surface area contributed by atoms with E-state index in [0.29, 0.717) is 17.8 Å². The minimum atomic E-state index is -0.0836. The third-order valence-corrected chi connectivity index (χ3v) is 4.49. The van der Waals surface area contributed by atoms with Crippen molar-refractivity contribution in [3.8, 4) is 0 Å². The van der Waals surface area contributed by atoms with Gasteiger partial charge >= 0.3 is 0 Å². The van der Waals surface area contributed by atoms with Crippen molar-refractivity contribution in [2.75, 3.05) is 25.4 Å². The maximum absolute atomic E-state index is 12.3. The van der Waals surface area contributed by atoms with Crippen LogP contribution in [0.25, 0.3) is 0 Å². The number of benzene rings is 1. The minimum Gasteiger partial charge on any atom is -0.399 e. The molecule has 0 aliphatic rings. The van der Waals surface area contributed by atoms with Crippen molar-refractivity contribution in [3.63, 3.8) is 0 Å². The summed E-state index contributed by atoms with van der Waals surface area (Å²) >= 11 is 1.68. The van der Waals surface area contributed by atoms with E-state index in [9.17, 15) is 4.79 Å². The lowest BCUT2D eigenvalue weighted by Crippen LogP contribution is -2.37. The largest absolute Gasteiger partial charge is 0.399 e. The molecule has 3 N–H and O–H groups in total. The average molecular weight is 390 g/mol. The quantitative estimate of drug-likeness (QED) is 0.703. The van der Waals surface area contributed by atoms with Gasteiger partial charge in [0.05, 0.1) is 6.04 Å². The number of likely N-dealkylation sites (N-methyl/N-ethyl adjacent to an activating group) is 1. The molecule has 4 nitrogen and oxygen atoms in total. The number of thiophene rings is 1. The van der Waals surface area contributed by atoms with Crippen molar-refractivity contribution in [1.29, 1.82) is 0 Å². The standard InChI is InChI=1S/C17H23N3OS.2ClH/c1-3-20(4-2)16(14-8-9-22-12-14)11-19-17(21)13-6-5-7-15(18)10-13;;/h5-10,12,16H,3-4,11,18H2,1-2H3,(H,19,21);2*1H. The third kappa shape index (κ3) is 5.98. The van der Waals surface area contributed by atoms with Crippen molar-refractivity contribution in [2.45, 2.75) is 19.9 Å². The Morgan fingerprint density at radius 2 is 1.96 bits per heavy atom. The average Bonchev–Trinajstić information content (AvgIpc) is 3.05. The first-order valence-corrected chi connectivity index (χ1v) is 8.49. The first-order chi connectivity index (χ1) is 10.7. The van der Waals surface area contributed by atoms with Crippen molar-refractivity contribution in [1.82, 2.24) is 10.2 Å². The van der Waals surface area contributed by atoms with Gasteiger partial charge in [-0.05, 0) is 53.7 Å². The van der Waals surface area contributed by atoms with Crippen LogP contribution in [-0.4, -0.2) is 30.4 Å². The van der Waals surface area contributed by atoms with Crippen molar-refractivity contribution in [3.05, 3.63) is 52.2 Å². The summed E-state index contributed by atoms with van der Waals surface area (Å²) in [5, 5.41) is 7.26. The monoisotopic (exact) mass is 389 g/mol. The molecule has 7 heteroatoms. The van der Waals surface area contributed by atoms with Crippen LogP contribution < -0.4 is 11.1 Å². The number of hydrogen-bond donors (Lipinski definition) is 2. The molecule has 0 fully saturated rings. The minimum absolute atomic E-state index is 0. The first kappa shape index (κ1) is 22.7. The van der Waals surface area contributed by atoms with Crippen LogP contribution in [0.15, 0.2) is 41.1 Å². The van der Waals surface area contributed by atoms with E-state index in [1.807, 2.05) is 0 Å². The molecular formula is C17H25Cl2N3OS. The van der Waals surface area contributed by atoms with Crippen LogP contribution >= 0.6 is 36.2 Å². The Kier molecular flexibility index (Phi) is 10.7. The number of amides is 1. The van der Waals surface area contributed by atoms with Crippen molar-refractivity contribution in [2.24, 2.45) is 0 Å². The highest BCUT2D eigenvalue weighted by Crippen LogP contribution is 2.22. The van der Waals surface area contributed by atoms with E-state index >= 15 is 0 Å². The topological polar surface area (TPSA) is 58.4 Å². The Morgan fingerprint density at radius 1 is 1.25 bits per heavy atom. The van der Waals surface area contributed by atoms with Crippen LogP contribution in [0.1, 0.15) is 35.8 Å². The van der Waals surface area contributed by atoms with Gasteiger partial charge in [0.1, 0.15) is 0 Å². The summed E-state index contributed by atoms with van der Waals surface area (Å²) in [7, 11) is 0. The maximum atomic E-state index is 12.3. The molecule has 1 amide bonds. The van der Waals surface area contributed by atoms with E-state index in [4.69, 9.17) is 5.73 Å². The van der Waals surface area contributed by atoms with E-state index < -0.39 is 0 Å². The zero-order valence-electron chi connectivity index (χ0n) is 13.9. The van der Waals surface area contributed by atoms with Crippen LogP contribution in [0.5, 0.6) is 0 Å². The molecule has 0 spiro atoms. The van der Waals surface area contributed by atoms with E-state index in [2.05, 4.69) is 40.9 Å². The van der Waals surface area contributed by atoms with Gasteiger partial charge in [0.2, 0.25) is 0 Å². The Morgan fingerprint density at radius 3 is 2.50 bits per heavy atom. The number of carbonyl (C=O) groups excluding carboxylic acids is 1. The highest BCUT2D eigenvalue weighted by Gasteiger charge is 2.19. The van der Waals surface area contributed by atoms with Crippen LogP contribution in [0.4, 0.5) is 5.69 Å². The van der Waals surface area contributed by atoms with Gasteiger partial charge in [-0.1, -0.05) is 19.9 Å². The van der Waals surface area contributed by atoms with Gasteiger partial charge in [0, 0.05) is 17.8 Å². The van der Waals surface area contributed by atoms with Crippen molar-refractivity contribution >= 4 is 47.7 Å². The van der Waals surface area contributed by atoms with Gasteiger partial charge in [0.15, 0.2) is 0 Å². The number of anilines is 1. The fourth-order valence-corrected chi connectivity index (χ4v) is 3.27. The molecule has 1 aromatic carbocycles. The lowest BCUT2D eigenvalue weighted by atomic mass is 10.1. The molecule has 0 aliphatic heterocycles. The molecule has 24 heavy (non-hydrogen) atoms. The van der Waals surface area contributed by atoms with Crippen LogP contribution in [0.2, 0.25) is 0 Å². The molecule has 0 saturated heterocycles. The molecule has 134 valence electrons. The maximum Gasteiger partial charge on any atom is 0.251 e. The van der Waals surface area contributed by atoms with Crippen LogP contribution in [-0.2, 0) is 0 Å². The van der Waals surface area contributed by atoms with Gasteiger partial charge in [-0.25, -0.2) is 0 Å². The molecular weight excluding hydrogens is 365 g/mol.